The van der Waals surface area contributed by atoms with Gasteiger partial charge >= 0.3 is 0 Å². The van der Waals surface area contributed by atoms with Crippen LogP contribution < -0.4 is 5.32 Å². The number of benzene rings is 1. The van der Waals surface area contributed by atoms with Crippen molar-refractivity contribution in [1.82, 2.24) is 5.32 Å². The van der Waals surface area contributed by atoms with Gasteiger partial charge in [-0.2, -0.15) is 0 Å². The summed E-state index contributed by atoms with van der Waals surface area (Å²) >= 11 is 2.31. The fourth-order valence-corrected chi connectivity index (χ4v) is 2.51. The summed E-state index contributed by atoms with van der Waals surface area (Å²) in [6.45, 7) is 0.868. The molecule has 15 heavy (non-hydrogen) atoms. The predicted octanol–water partition coefficient (Wildman–Crippen LogP) is 2.16. The molecule has 0 heterocycles. The van der Waals surface area contributed by atoms with Crippen LogP contribution in [-0.4, -0.2) is 18.3 Å². The molecule has 0 spiro atoms. The zero-order valence-electron chi connectivity index (χ0n) is 8.63. The summed E-state index contributed by atoms with van der Waals surface area (Å²) in [5.74, 6) is 0. The lowest BCUT2D eigenvalue weighted by molar-refractivity contribution is 0.222. The molecule has 1 atom stereocenters. The van der Waals surface area contributed by atoms with Crippen molar-refractivity contribution >= 4 is 28.2 Å². The summed E-state index contributed by atoms with van der Waals surface area (Å²) < 4.78 is 1.22. The standard InChI is InChI=1S/C12H14INO/c1-14-7-8-4-9(6-10(13)5-8)11-2-3-12(11)15/h2,4-6,12,14-15H,3,7H2,1H3. The average Bonchev–Trinajstić information content (AvgIpc) is 2.15. The van der Waals surface area contributed by atoms with Gasteiger partial charge in [0.1, 0.15) is 0 Å². The lowest BCUT2D eigenvalue weighted by Crippen LogP contribution is -2.17. The SMILES string of the molecule is CNCc1cc(I)cc(C2=CCC2O)c1. The maximum atomic E-state index is 9.59. The number of halogens is 1. The number of hydrogen-bond acceptors (Lipinski definition) is 2. The number of hydrogen-bond donors (Lipinski definition) is 2. The molecule has 3 heteroatoms. The zero-order chi connectivity index (χ0) is 10.8. The van der Waals surface area contributed by atoms with Gasteiger partial charge in [0, 0.05) is 10.1 Å². The first-order chi connectivity index (χ1) is 7.20. The average molecular weight is 315 g/mol. The van der Waals surface area contributed by atoms with Gasteiger partial charge in [0.05, 0.1) is 6.10 Å². The van der Waals surface area contributed by atoms with Crippen molar-refractivity contribution in [2.24, 2.45) is 0 Å². The molecular weight excluding hydrogens is 301 g/mol. The number of aliphatic hydroxyl groups excluding tert-OH is 1. The van der Waals surface area contributed by atoms with Crippen LogP contribution in [0, 0.1) is 3.57 Å². The van der Waals surface area contributed by atoms with Crippen LogP contribution in [0.5, 0.6) is 0 Å². The topological polar surface area (TPSA) is 32.3 Å². The minimum Gasteiger partial charge on any atom is -0.388 e. The number of nitrogens with one attached hydrogen (secondary N) is 1. The molecular formula is C12H14INO. The highest BCUT2D eigenvalue weighted by atomic mass is 127. The third kappa shape index (κ3) is 2.41. The van der Waals surface area contributed by atoms with Crippen molar-refractivity contribution in [3.05, 3.63) is 39.0 Å². The molecule has 2 rings (SSSR count). The fraction of sp³-hybridized carbons (Fsp3) is 0.333. The molecule has 1 aliphatic rings. The van der Waals surface area contributed by atoms with Gasteiger partial charge < -0.3 is 10.4 Å². The fourth-order valence-electron chi connectivity index (χ4n) is 1.77. The molecule has 2 nitrogen and oxygen atoms in total. The van der Waals surface area contributed by atoms with Crippen molar-refractivity contribution in [3.8, 4) is 0 Å². The Labute approximate surface area is 104 Å². The molecule has 1 aromatic carbocycles. The van der Waals surface area contributed by atoms with Crippen molar-refractivity contribution in [3.63, 3.8) is 0 Å². The normalized spacial score (nSPS) is 19.7. The van der Waals surface area contributed by atoms with Crippen LogP contribution in [-0.2, 0) is 6.54 Å². The molecule has 0 radical (unpaired) electrons. The molecule has 1 aliphatic carbocycles. The molecule has 0 saturated carbocycles. The Balaban J connectivity index is 2.31. The summed E-state index contributed by atoms with van der Waals surface area (Å²) in [6, 6.07) is 6.42. The van der Waals surface area contributed by atoms with Crippen LogP contribution in [0.1, 0.15) is 17.5 Å². The number of aliphatic hydroxyl groups is 1. The van der Waals surface area contributed by atoms with Gasteiger partial charge in [0.15, 0.2) is 0 Å². The highest BCUT2D eigenvalue weighted by molar-refractivity contribution is 14.1. The van der Waals surface area contributed by atoms with Crippen LogP contribution in [0.2, 0.25) is 0 Å². The summed E-state index contributed by atoms with van der Waals surface area (Å²) in [7, 11) is 1.94. The molecule has 0 aromatic heterocycles. The van der Waals surface area contributed by atoms with E-state index < -0.39 is 0 Å². The van der Waals surface area contributed by atoms with Gasteiger partial charge in [-0.05, 0) is 64.9 Å². The quantitative estimate of drug-likeness (QED) is 0.838. The smallest absolute Gasteiger partial charge is 0.0827 e. The van der Waals surface area contributed by atoms with Gasteiger partial charge in [0.25, 0.3) is 0 Å². The molecule has 80 valence electrons. The van der Waals surface area contributed by atoms with Crippen molar-refractivity contribution in [2.75, 3.05) is 7.05 Å². The van der Waals surface area contributed by atoms with Crippen molar-refractivity contribution < 1.29 is 5.11 Å². The van der Waals surface area contributed by atoms with Gasteiger partial charge in [-0.15, -0.1) is 0 Å². The third-order valence-electron chi connectivity index (χ3n) is 2.59. The van der Waals surface area contributed by atoms with E-state index in [2.05, 4.69) is 52.2 Å². The van der Waals surface area contributed by atoms with E-state index in [1.165, 1.54) is 9.13 Å². The summed E-state index contributed by atoms with van der Waals surface area (Å²) in [6.07, 6.45) is 2.63. The molecule has 1 unspecified atom stereocenters. The Kier molecular flexibility index (Phi) is 3.43. The summed E-state index contributed by atoms with van der Waals surface area (Å²) in [4.78, 5) is 0. The van der Waals surface area contributed by atoms with E-state index in [1.54, 1.807) is 0 Å². The van der Waals surface area contributed by atoms with E-state index in [0.717, 1.165) is 24.1 Å². The third-order valence-corrected chi connectivity index (χ3v) is 3.21. The van der Waals surface area contributed by atoms with Gasteiger partial charge in [0.2, 0.25) is 0 Å². The van der Waals surface area contributed by atoms with Gasteiger partial charge in [-0.25, -0.2) is 0 Å². The Morgan fingerprint density at radius 1 is 1.47 bits per heavy atom. The van der Waals surface area contributed by atoms with Gasteiger partial charge in [-0.3, -0.25) is 0 Å². The Hall–Kier alpha value is -0.390. The largest absolute Gasteiger partial charge is 0.388 e. The van der Waals surface area contributed by atoms with E-state index in [0.29, 0.717) is 0 Å². The van der Waals surface area contributed by atoms with Crippen LogP contribution in [0.25, 0.3) is 5.57 Å². The predicted molar refractivity (Wildman–Crippen MR) is 70.5 cm³/mol. The Morgan fingerprint density at radius 2 is 2.27 bits per heavy atom. The van der Waals surface area contributed by atoms with E-state index in [9.17, 15) is 5.11 Å². The minimum absolute atomic E-state index is 0.259. The molecule has 0 bridgehead atoms. The Morgan fingerprint density at radius 3 is 2.80 bits per heavy atom. The molecule has 1 aromatic rings. The minimum atomic E-state index is -0.259. The van der Waals surface area contributed by atoms with Crippen LogP contribution in [0.3, 0.4) is 0 Å². The Bertz CT molecular complexity index is 401. The molecule has 0 amide bonds. The first-order valence-corrected chi connectivity index (χ1v) is 6.11. The molecule has 0 fully saturated rings. The van der Waals surface area contributed by atoms with Gasteiger partial charge in [-0.1, -0.05) is 12.1 Å². The zero-order valence-corrected chi connectivity index (χ0v) is 10.8. The maximum absolute atomic E-state index is 9.59. The van der Waals surface area contributed by atoms with E-state index >= 15 is 0 Å². The highest BCUT2D eigenvalue weighted by Gasteiger charge is 2.20. The van der Waals surface area contributed by atoms with E-state index in [-0.39, 0.29) is 6.10 Å². The first-order valence-electron chi connectivity index (χ1n) is 5.03. The lowest BCUT2D eigenvalue weighted by Gasteiger charge is -2.23. The maximum Gasteiger partial charge on any atom is 0.0827 e. The summed E-state index contributed by atoms with van der Waals surface area (Å²) in [5.41, 5.74) is 3.50. The number of rotatable bonds is 3. The molecule has 0 aliphatic heterocycles. The van der Waals surface area contributed by atoms with Crippen molar-refractivity contribution in [1.29, 1.82) is 0 Å². The second-order valence-electron chi connectivity index (χ2n) is 3.79. The second-order valence-corrected chi connectivity index (χ2v) is 5.04. The van der Waals surface area contributed by atoms with Crippen LogP contribution in [0.15, 0.2) is 24.3 Å². The first kappa shape index (κ1) is 11.1. The monoisotopic (exact) mass is 315 g/mol. The lowest BCUT2D eigenvalue weighted by atomic mass is 9.88. The van der Waals surface area contributed by atoms with E-state index in [4.69, 9.17) is 0 Å². The summed E-state index contributed by atoms with van der Waals surface area (Å²) in [5, 5.41) is 12.7. The highest BCUT2D eigenvalue weighted by Crippen LogP contribution is 2.31. The van der Waals surface area contributed by atoms with Crippen LogP contribution >= 0.6 is 22.6 Å². The van der Waals surface area contributed by atoms with Crippen LogP contribution in [0.4, 0.5) is 0 Å². The molecule has 2 N–H and O–H groups in total. The van der Waals surface area contributed by atoms with E-state index in [1.807, 2.05) is 7.05 Å². The second kappa shape index (κ2) is 4.63. The van der Waals surface area contributed by atoms with Crippen molar-refractivity contribution in [2.45, 2.75) is 19.1 Å². The molecule has 0 saturated heterocycles.